The van der Waals surface area contributed by atoms with Gasteiger partial charge in [0.05, 0.1) is 6.20 Å². The SMILES string of the molecule is CCCCCCC(C)NS(=O)(=O)c1[nH]ncc1CNCC. The summed E-state index contributed by atoms with van der Waals surface area (Å²) in [4.78, 5) is 0. The first-order valence-corrected chi connectivity index (χ1v) is 9.24. The summed E-state index contributed by atoms with van der Waals surface area (Å²) in [5.41, 5.74) is 0.669. The van der Waals surface area contributed by atoms with Crippen molar-refractivity contribution >= 4 is 10.0 Å². The Labute approximate surface area is 128 Å². The van der Waals surface area contributed by atoms with Crippen LogP contribution in [0.3, 0.4) is 0 Å². The third kappa shape index (κ3) is 6.15. The van der Waals surface area contributed by atoms with E-state index in [0.29, 0.717) is 12.1 Å². The van der Waals surface area contributed by atoms with E-state index in [0.717, 1.165) is 25.8 Å². The smallest absolute Gasteiger partial charge is 0.258 e. The molecule has 0 aliphatic heterocycles. The van der Waals surface area contributed by atoms with Crippen molar-refractivity contribution in [3.8, 4) is 0 Å². The van der Waals surface area contributed by atoms with Gasteiger partial charge >= 0.3 is 0 Å². The Morgan fingerprint density at radius 2 is 2.05 bits per heavy atom. The van der Waals surface area contributed by atoms with E-state index in [9.17, 15) is 8.42 Å². The molecule has 0 aromatic carbocycles. The summed E-state index contributed by atoms with van der Waals surface area (Å²) in [7, 11) is -3.53. The van der Waals surface area contributed by atoms with Crippen molar-refractivity contribution in [2.75, 3.05) is 6.54 Å². The van der Waals surface area contributed by atoms with Gasteiger partial charge in [-0.25, -0.2) is 13.1 Å². The Morgan fingerprint density at radius 3 is 2.71 bits per heavy atom. The maximum Gasteiger partial charge on any atom is 0.258 e. The summed E-state index contributed by atoms with van der Waals surface area (Å²) in [5.74, 6) is 0. The molecule has 0 aliphatic rings. The lowest BCUT2D eigenvalue weighted by Gasteiger charge is -2.14. The van der Waals surface area contributed by atoms with Crippen LogP contribution in [0.25, 0.3) is 0 Å². The van der Waals surface area contributed by atoms with Gasteiger partial charge in [0, 0.05) is 18.2 Å². The lowest BCUT2D eigenvalue weighted by Crippen LogP contribution is -2.33. The van der Waals surface area contributed by atoms with Gasteiger partial charge in [-0.15, -0.1) is 0 Å². The number of nitrogens with one attached hydrogen (secondary N) is 3. The zero-order valence-electron chi connectivity index (χ0n) is 13.3. The average molecular weight is 316 g/mol. The molecule has 122 valence electrons. The normalized spacial score (nSPS) is 13.5. The number of unbranched alkanes of at least 4 members (excludes halogenated alkanes) is 3. The van der Waals surface area contributed by atoms with Gasteiger partial charge in [-0.05, 0) is 19.9 Å². The summed E-state index contributed by atoms with van der Waals surface area (Å²) in [6.07, 6.45) is 7.00. The van der Waals surface area contributed by atoms with Gasteiger partial charge < -0.3 is 5.32 Å². The van der Waals surface area contributed by atoms with Crippen LogP contribution >= 0.6 is 0 Å². The second-order valence-electron chi connectivity index (χ2n) is 5.38. The highest BCUT2D eigenvalue weighted by Crippen LogP contribution is 2.13. The molecule has 0 amide bonds. The van der Waals surface area contributed by atoms with E-state index >= 15 is 0 Å². The molecular formula is C14H28N4O2S. The lowest BCUT2D eigenvalue weighted by atomic mass is 10.1. The quantitative estimate of drug-likeness (QED) is 0.546. The molecule has 1 aromatic heterocycles. The largest absolute Gasteiger partial charge is 0.313 e. The van der Waals surface area contributed by atoms with Gasteiger partial charge in [0.2, 0.25) is 0 Å². The predicted molar refractivity (Wildman–Crippen MR) is 84.5 cm³/mol. The van der Waals surface area contributed by atoms with Gasteiger partial charge in [0.1, 0.15) is 0 Å². The molecule has 0 saturated carbocycles. The van der Waals surface area contributed by atoms with Gasteiger partial charge in [-0.3, -0.25) is 5.10 Å². The Morgan fingerprint density at radius 1 is 1.29 bits per heavy atom. The minimum atomic E-state index is -3.53. The molecule has 3 N–H and O–H groups in total. The standard InChI is InChI=1S/C14H28N4O2S/c1-4-6-7-8-9-12(3)18-21(19,20)14-13(10-15-5-2)11-16-17-14/h11-12,15,18H,4-10H2,1-3H3,(H,16,17). The fourth-order valence-corrected chi connectivity index (χ4v) is 3.59. The molecule has 0 bridgehead atoms. The second kappa shape index (κ2) is 9.17. The molecule has 21 heavy (non-hydrogen) atoms. The van der Waals surface area contributed by atoms with Crippen molar-refractivity contribution in [3.05, 3.63) is 11.8 Å². The van der Waals surface area contributed by atoms with E-state index in [1.54, 1.807) is 6.20 Å². The summed E-state index contributed by atoms with van der Waals surface area (Å²) >= 11 is 0. The molecule has 1 heterocycles. The van der Waals surface area contributed by atoms with Gasteiger partial charge in [0.25, 0.3) is 10.0 Å². The van der Waals surface area contributed by atoms with Crippen LogP contribution in [-0.4, -0.2) is 31.2 Å². The first kappa shape index (κ1) is 18.1. The molecule has 1 atom stereocenters. The number of H-pyrrole nitrogens is 1. The lowest BCUT2D eigenvalue weighted by molar-refractivity contribution is 0.519. The number of sulfonamides is 1. The molecular weight excluding hydrogens is 288 g/mol. The summed E-state index contributed by atoms with van der Waals surface area (Å²) in [6.45, 7) is 7.32. The summed E-state index contributed by atoms with van der Waals surface area (Å²) < 4.78 is 27.5. The molecule has 6 nitrogen and oxygen atoms in total. The first-order chi connectivity index (χ1) is 10.0. The molecule has 1 aromatic rings. The van der Waals surface area contributed by atoms with Crippen molar-refractivity contribution < 1.29 is 8.42 Å². The summed E-state index contributed by atoms with van der Waals surface area (Å²) in [5, 5.41) is 9.73. The van der Waals surface area contributed by atoms with E-state index in [-0.39, 0.29) is 11.1 Å². The van der Waals surface area contributed by atoms with Crippen molar-refractivity contribution in [2.45, 2.75) is 70.5 Å². The number of rotatable bonds is 11. The Kier molecular flexibility index (Phi) is 7.92. The van der Waals surface area contributed by atoms with Gasteiger partial charge in [0.15, 0.2) is 5.03 Å². The topological polar surface area (TPSA) is 86.9 Å². The molecule has 7 heteroatoms. The number of hydrogen-bond acceptors (Lipinski definition) is 4. The third-order valence-corrected chi connectivity index (χ3v) is 4.96. The van der Waals surface area contributed by atoms with Crippen molar-refractivity contribution in [2.24, 2.45) is 0 Å². The van der Waals surface area contributed by atoms with Crippen LogP contribution in [0.15, 0.2) is 11.2 Å². The van der Waals surface area contributed by atoms with E-state index in [4.69, 9.17) is 0 Å². The van der Waals surface area contributed by atoms with Crippen molar-refractivity contribution in [1.82, 2.24) is 20.2 Å². The van der Waals surface area contributed by atoms with Crippen molar-refractivity contribution in [1.29, 1.82) is 0 Å². The van der Waals surface area contributed by atoms with Crippen LogP contribution in [0.2, 0.25) is 0 Å². The fourth-order valence-electron chi connectivity index (χ4n) is 2.18. The Balaban J connectivity index is 2.58. The van der Waals surface area contributed by atoms with Gasteiger partial charge in [-0.1, -0.05) is 39.5 Å². The molecule has 0 aliphatic carbocycles. The Hall–Kier alpha value is -0.920. The first-order valence-electron chi connectivity index (χ1n) is 7.76. The minimum absolute atomic E-state index is 0.0675. The fraction of sp³-hybridized carbons (Fsp3) is 0.786. The monoisotopic (exact) mass is 316 g/mol. The van der Waals surface area contributed by atoms with Crippen LogP contribution in [0, 0.1) is 0 Å². The Bertz CT molecular complexity index is 499. The number of aromatic nitrogens is 2. The predicted octanol–water partition coefficient (Wildman–Crippen LogP) is 2.16. The average Bonchev–Trinajstić information content (AvgIpc) is 2.90. The van der Waals surface area contributed by atoms with E-state index in [2.05, 4.69) is 27.2 Å². The molecule has 1 unspecified atom stereocenters. The van der Waals surface area contributed by atoms with Crippen LogP contribution in [0.1, 0.15) is 58.4 Å². The highest BCUT2D eigenvalue weighted by atomic mass is 32.2. The number of aromatic amines is 1. The number of hydrogen-bond donors (Lipinski definition) is 3. The van der Waals surface area contributed by atoms with Crippen molar-refractivity contribution in [3.63, 3.8) is 0 Å². The zero-order valence-corrected chi connectivity index (χ0v) is 14.1. The molecule has 0 saturated heterocycles. The third-order valence-electron chi connectivity index (χ3n) is 3.36. The highest BCUT2D eigenvalue weighted by Gasteiger charge is 2.22. The second-order valence-corrected chi connectivity index (χ2v) is 7.03. The highest BCUT2D eigenvalue weighted by molar-refractivity contribution is 7.89. The van der Waals surface area contributed by atoms with Crippen LogP contribution in [0.5, 0.6) is 0 Å². The van der Waals surface area contributed by atoms with E-state index in [1.165, 1.54) is 12.8 Å². The maximum absolute atomic E-state index is 12.4. The van der Waals surface area contributed by atoms with Gasteiger partial charge in [-0.2, -0.15) is 5.10 Å². The summed E-state index contributed by atoms with van der Waals surface area (Å²) in [6, 6.07) is -0.0675. The molecule has 0 radical (unpaired) electrons. The number of nitrogens with zero attached hydrogens (tertiary/aromatic N) is 1. The van der Waals surface area contributed by atoms with Crippen LogP contribution < -0.4 is 10.0 Å². The maximum atomic E-state index is 12.4. The minimum Gasteiger partial charge on any atom is -0.313 e. The molecule has 1 rings (SSSR count). The zero-order chi connectivity index (χ0) is 15.7. The van der Waals surface area contributed by atoms with E-state index < -0.39 is 10.0 Å². The van der Waals surface area contributed by atoms with Crippen LogP contribution in [0.4, 0.5) is 0 Å². The van der Waals surface area contributed by atoms with Crippen LogP contribution in [-0.2, 0) is 16.6 Å². The molecule has 0 fully saturated rings. The molecule has 0 spiro atoms. The van der Waals surface area contributed by atoms with E-state index in [1.807, 2.05) is 13.8 Å².